The molecule has 1 aliphatic rings. The van der Waals surface area contributed by atoms with E-state index in [1.807, 2.05) is 37.3 Å². The quantitative estimate of drug-likeness (QED) is 0.618. The summed E-state index contributed by atoms with van der Waals surface area (Å²) < 4.78 is 5.44. The van der Waals surface area contributed by atoms with E-state index in [1.165, 1.54) is 0 Å². The number of aryl methyl sites for hydroxylation is 1. The lowest BCUT2D eigenvalue weighted by atomic mass is 10.1. The summed E-state index contributed by atoms with van der Waals surface area (Å²) >= 11 is 1.15. The summed E-state index contributed by atoms with van der Waals surface area (Å²) in [5.41, 5.74) is 2.40. The third-order valence-corrected chi connectivity index (χ3v) is 5.17. The maximum atomic E-state index is 12.5. The number of hydrogen-bond acceptors (Lipinski definition) is 5. The second-order valence-electron chi connectivity index (χ2n) is 6.97. The summed E-state index contributed by atoms with van der Waals surface area (Å²) in [5.74, 6) is -0.930. The molecule has 6 nitrogen and oxygen atoms in total. The first-order valence-electron chi connectivity index (χ1n) is 9.50. The number of anilines is 1. The minimum Gasteiger partial charge on any atom is -0.447 e. The van der Waals surface area contributed by atoms with Gasteiger partial charge in [0, 0.05) is 17.3 Å². The number of nitrogens with one attached hydrogen (secondary N) is 2. The van der Waals surface area contributed by atoms with Crippen LogP contribution >= 0.6 is 11.8 Å². The third-order valence-electron chi connectivity index (χ3n) is 4.27. The molecule has 0 bridgehead atoms. The summed E-state index contributed by atoms with van der Waals surface area (Å²) in [6.07, 6.45) is 0.922. The lowest BCUT2D eigenvalue weighted by molar-refractivity contribution is -0.154. The first kappa shape index (κ1) is 20.9. The molecule has 2 amide bonds. The van der Waals surface area contributed by atoms with Crippen LogP contribution in [0, 0.1) is 6.92 Å². The second-order valence-corrected chi connectivity index (χ2v) is 7.96. The summed E-state index contributed by atoms with van der Waals surface area (Å²) in [6, 6.07) is 16.6. The minimum absolute atomic E-state index is 0.0126. The Hall–Kier alpha value is -2.80. The van der Waals surface area contributed by atoms with Crippen molar-refractivity contribution in [3.63, 3.8) is 0 Å². The molecule has 1 atom stereocenters. The van der Waals surface area contributed by atoms with Gasteiger partial charge in [-0.15, -0.1) is 11.8 Å². The van der Waals surface area contributed by atoms with Crippen molar-refractivity contribution in [3.8, 4) is 0 Å². The SMILES string of the molecule is Cc1cccc(NC(=O)CSCC(=O)O[C@@H](C(=O)NC2CC2)c2ccccc2)c1. The molecule has 0 radical (unpaired) electrons. The Labute approximate surface area is 174 Å². The summed E-state index contributed by atoms with van der Waals surface area (Å²) in [7, 11) is 0. The lowest BCUT2D eigenvalue weighted by Crippen LogP contribution is -2.34. The molecular formula is C22H24N2O4S. The summed E-state index contributed by atoms with van der Waals surface area (Å²) in [4.78, 5) is 36.8. The predicted octanol–water partition coefficient (Wildman–Crippen LogP) is 3.23. The molecule has 7 heteroatoms. The maximum absolute atomic E-state index is 12.5. The van der Waals surface area contributed by atoms with E-state index in [0.29, 0.717) is 5.56 Å². The first-order valence-corrected chi connectivity index (χ1v) is 10.7. The van der Waals surface area contributed by atoms with Gasteiger partial charge in [-0.1, -0.05) is 42.5 Å². The highest BCUT2D eigenvalue weighted by atomic mass is 32.2. The molecule has 0 spiro atoms. The average Bonchev–Trinajstić information content (AvgIpc) is 3.50. The van der Waals surface area contributed by atoms with Crippen LogP contribution in [-0.4, -0.2) is 35.3 Å². The molecule has 0 aliphatic heterocycles. The summed E-state index contributed by atoms with van der Waals surface area (Å²) in [5, 5.41) is 5.67. The van der Waals surface area contributed by atoms with Crippen LogP contribution in [0.25, 0.3) is 0 Å². The number of amides is 2. The smallest absolute Gasteiger partial charge is 0.317 e. The van der Waals surface area contributed by atoms with E-state index >= 15 is 0 Å². The van der Waals surface area contributed by atoms with Crippen LogP contribution in [0.2, 0.25) is 0 Å². The van der Waals surface area contributed by atoms with E-state index < -0.39 is 12.1 Å². The Bertz CT molecular complexity index is 868. The molecule has 2 aromatic rings. The zero-order valence-corrected chi connectivity index (χ0v) is 17.0. The van der Waals surface area contributed by atoms with Crippen molar-refractivity contribution in [2.45, 2.75) is 31.9 Å². The molecule has 29 heavy (non-hydrogen) atoms. The van der Waals surface area contributed by atoms with Gasteiger partial charge in [0.25, 0.3) is 5.91 Å². The standard InChI is InChI=1S/C22H24N2O4S/c1-15-6-5-9-18(12-15)23-19(25)13-29-14-20(26)28-21(16-7-3-2-4-8-16)22(27)24-17-10-11-17/h2-9,12,17,21H,10-11,13-14H2,1H3,(H,23,25)(H,24,27)/t21-/m1/s1. The van der Waals surface area contributed by atoms with Crippen molar-refractivity contribution < 1.29 is 19.1 Å². The molecule has 0 unspecified atom stereocenters. The number of thioether (sulfide) groups is 1. The Morgan fingerprint density at radius 1 is 1.07 bits per heavy atom. The fraction of sp³-hybridized carbons (Fsp3) is 0.318. The van der Waals surface area contributed by atoms with Gasteiger partial charge in [0.05, 0.1) is 11.5 Å². The number of esters is 1. The van der Waals surface area contributed by atoms with Crippen molar-refractivity contribution in [1.29, 1.82) is 0 Å². The van der Waals surface area contributed by atoms with Gasteiger partial charge in [-0.05, 0) is 37.5 Å². The molecular weight excluding hydrogens is 388 g/mol. The van der Waals surface area contributed by atoms with Crippen molar-refractivity contribution in [2.24, 2.45) is 0 Å². The van der Waals surface area contributed by atoms with Crippen LogP contribution < -0.4 is 10.6 Å². The van der Waals surface area contributed by atoms with E-state index in [2.05, 4.69) is 10.6 Å². The highest BCUT2D eigenvalue weighted by Crippen LogP contribution is 2.23. The highest BCUT2D eigenvalue weighted by Gasteiger charge is 2.30. The average molecular weight is 413 g/mol. The molecule has 152 valence electrons. The van der Waals surface area contributed by atoms with E-state index in [-0.39, 0.29) is 29.4 Å². The molecule has 0 heterocycles. The van der Waals surface area contributed by atoms with Gasteiger partial charge in [-0.2, -0.15) is 0 Å². The van der Waals surface area contributed by atoms with Crippen LogP contribution in [0.3, 0.4) is 0 Å². The summed E-state index contributed by atoms with van der Waals surface area (Å²) in [6.45, 7) is 1.95. The molecule has 1 fully saturated rings. The number of rotatable bonds is 9. The van der Waals surface area contributed by atoms with Crippen molar-refractivity contribution in [2.75, 3.05) is 16.8 Å². The largest absolute Gasteiger partial charge is 0.447 e. The highest BCUT2D eigenvalue weighted by molar-refractivity contribution is 8.00. The molecule has 0 aromatic heterocycles. The topological polar surface area (TPSA) is 84.5 Å². The normalized spacial score (nSPS) is 14.0. The monoisotopic (exact) mass is 412 g/mol. The molecule has 1 saturated carbocycles. The number of hydrogen-bond donors (Lipinski definition) is 2. The van der Waals surface area contributed by atoms with E-state index in [0.717, 1.165) is 35.9 Å². The van der Waals surface area contributed by atoms with Gasteiger partial charge in [0.15, 0.2) is 0 Å². The fourth-order valence-electron chi connectivity index (χ4n) is 2.72. The Morgan fingerprint density at radius 3 is 2.52 bits per heavy atom. The van der Waals surface area contributed by atoms with Crippen LogP contribution in [0.5, 0.6) is 0 Å². The number of ether oxygens (including phenoxy) is 1. The Kier molecular flexibility index (Phi) is 7.30. The first-order chi connectivity index (χ1) is 14.0. The van der Waals surface area contributed by atoms with Crippen molar-refractivity contribution >= 4 is 35.2 Å². The minimum atomic E-state index is -0.981. The number of carbonyl (C=O) groups excluding carboxylic acids is 3. The van der Waals surface area contributed by atoms with E-state index in [4.69, 9.17) is 4.74 Å². The van der Waals surface area contributed by atoms with E-state index in [1.54, 1.807) is 24.3 Å². The second kappa shape index (κ2) is 10.1. The number of carbonyl (C=O) groups is 3. The molecule has 1 aliphatic carbocycles. The van der Waals surface area contributed by atoms with Gasteiger partial charge in [0.1, 0.15) is 0 Å². The molecule has 0 saturated heterocycles. The molecule has 2 N–H and O–H groups in total. The van der Waals surface area contributed by atoms with E-state index in [9.17, 15) is 14.4 Å². The van der Waals surface area contributed by atoms with Gasteiger partial charge < -0.3 is 15.4 Å². The Balaban J connectivity index is 1.48. The fourth-order valence-corrected chi connectivity index (χ4v) is 3.31. The molecule has 3 rings (SSSR count). The van der Waals surface area contributed by atoms with Gasteiger partial charge >= 0.3 is 5.97 Å². The van der Waals surface area contributed by atoms with Gasteiger partial charge in [-0.25, -0.2) is 0 Å². The number of benzene rings is 2. The van der Waals surface area contributed by atoms with Crippen LogP contribution in [-0.2, 0) is 19.1 Å². The van der Waals surface area contributed by atoms with Crippen molar-refractivity contribution in [1.82, 2.24) is 5.32 Å². The Morgan fingerprint density at radius 2 is 1.83 bits per heavy atom. The predicted molar refractivity (Wildman–Crippen MR) is 114 cm³/mol. The maximum Gasteiger partial charge on any atom is 0.317 e. The van der Waals surface area contributed by atoms with Crippen LogP contribution in [0.4, 0.5) is 5.69 Å². The molecule has 2 aromatic carbocycles. The zero-order chi connectivity index (χ0) is 20.6. The third kappa shape index (κ3) is 6.94. The lowest BCUT2D eigenvalue weighted by Gasteiger charge is -2.18. The van der Waals surface area contributed by atoms with Crippen LogP contribution in [0.1, 0.15) is 30.1 Å². The van der Waals surface area contributed by atoms with Crippen molar-refractivity contribution in [3.05, 3.63) is 65.7 Å². The zero-order valence-electron chi connectivity index (χ0n) is 16.2. The van der Waals surface area contributed by atoms with Crippen LogP contribution in [0.15, 0.2) is 54.6 Å². The van der Waals surface area contributed by atoms with Gasteiger partial charge in [0.2, 0.25) is 12.0 Å². The van der Waals surface area contributed by atoms with Gasteiger partial charge in [-0.3, -0.25) is 14.4 Å².